The van der Waals surface area contributed by atoms with E-state index in [0.29, 0.717) is 0 Å². The van der Waals surface area contributed by atoms with Crippen LogP contribution in [0.4, 0.5) is 19.1 Å². The van der Waals surface area contributed by atoms with Crippen molar-refractivity contribution in [3.8, 4) is 17.3 Å². The Morgan fingerprint density at radius 2 is 2.07 bits per heavy atom. The lowest BCUT2D eigenvalue weighted by molar-refractivity contribution is -0.137. The standard InChI is InChI=1S/C17H15F3N6O2/c1-8(28)13(7-27)25-16-24-4-9(3-21)14(26-16)12-6-23-15-11(12)2-10(5-22-15)17(18,19)20/h2,4-6,8,13,27-28H,7H2,1H3,(H,22,23)(H,24,25,26)/t8-,13+/m0/s1. The summed E-state index contributed by atoms with van der Waals surface area (Å²) >= 11 is 0. The Balaban J connectivity index is 2.12. The Morgan fingerprint density at radius 1 is 1.32 bits per heavy atom. The molecule has 0 aliphatic heterocycles. The minimum Gasteiger partial charge on any atom is -0.394 e. The van der Waals surface area contributed by atoms with Gasteiger partial charge in [0.25, 0.3) is 0 Å². The van der Waals surface area contributed by atoms with E-state index in [4.69, 9.17) is 0 Å². The smallest absolute Gasteiger partial charge is 0.394 e. The van der Waals surface area contributed by atoms with Crippen LogP contribution in [0.1, 0.15) is 18.1 Å². The Morgan fingerprint density at radius 3 is 2.68 bits per heavy atom. The molecule has 0 spiro atoms. The zero-order chi connectivity index (χ0) is 20.5. The van der Waals surface area contributed by atoms with Crippen molar-refractivity contribution in [3.63, 3.8) is 0 Å². The van der Waals surface area contributed by atoms with E-state index in [9.17, 15) is 28.6 Å². The summed E-state index contributed by atoms with van der Waals surface area (Å²) < 4.78 is 39.1. The highest BCUT2D eigenvalue weighted by Crippen LogP contribution is 2.34. The summed E-state index contributed by atoms with van der Waals surface area (Å²) in [7, 11) is 0. The van der Waals surface area contributed by atoms with E-state index in [1.165, 1.54) is 19.3 Å². The first kappa shape index (κ1) is 19.5. The largest absolute Gasteiger partial charge is 0.417 e. The summed E-state index contributed by atoms with van der Waals surface area (Å²) in [5.74, 6) is 0.00300. The van der Waals surface area contributed by atoms with Crippen molar-refractivity contribution in [2.24, 2.45) is 0 Å². The highest BCUT2D eigenvalue weighted by molar-refractivity contribution is 5.94. The third-order valence-electron chi connectivity index (χ3n) is 4.12. The average molecular weight is 392 g/mol. The number of halogens is 3. The lowest BCUT2D eigenvalue weighted by atomic mass is 10.1. The lowest BCUT2D eigenvalue weighted by Crippen LogP contribution is -2.35. The van der Waals surface area contributed by atoms with E-state index in [2.05, 4.69) is 25.3 Å². The molecule has 8 nitrogen and oxygen atoms in total. The number of H-pyrrole nitrogens is 1. The minimum absolute atomic E-state index is 0.00300. The average Bonchev–Trinajstić information content (AvgIpc) is 3.08. The molecule has 3 heterocycles. The number of fused-ring (bicyclic) bond motifs is 1. The summed E-state index contributed by atoms with van der Waals surface area (Å²) in [5.41, 5.74) is -0.345. The van der Waals surface area contributed by atoms with Crippen molar-refractivity contribution in [2.75, 3.05) is 11.9 Å². The molecule has 0 aliphatic rings. The number of anilines is 1. The van der Waals surface area contributed by atoms with Gasteiger partial charge in [0.1, 0.15) is 11.7 Å². The molecule has 3 aromatic rings. The van der Waals surface area contributed by atoms with Crippen LogP contribution in [0.25, 0.3) is 22.3 Å². The van der Waals surface area contributed by atoms with Crippen LogP contribution in [-0.2, 0) is 6.18 Å². The molecular weight excluding hydrogens is 377 g/mol. The predicted molar refractivity (Wildman–Crippen MR) is 93.0 cm³/mol. The second-order valence-corrected chi connectivity index (χ2v) is 6.06. The Bertz CT molecular complexity index is 1040. The van der Waals surface area contributed by atoms with E-state index in [1.807, 2.05) is 6.07 Å². The number of pyridine rings is 1. The lowest BCUT2D eigenvalue weighted by Gasteiger charge is -2.19. The van der Waals surface area contributed by atoms with Gasteiger partial charge in [-0.15, -0.1) is 0 Å². The normalized spacial score (nSPS) is 13.9. The van der Waals surface area contributed by atoms with Gasteiger partial charge in [-0.25, -0.2) is 15.0 Å². The van der Waals surface area contributed by atoms with Crippen molar-refractivity contribution in [2.45, 2.75) is 25.2 Å². The second-order valence-electron chi connectivity index (χ2n) is 6.06. The molecule has 0 aliphatic carbocycles. The molecule has 11 heteroatoms. The fourth-order valence-electron chi connectivity index (χ4n) is 2.58. The van der Waals surface area contributed by atoms with Gasteiger partial charge < -0.3 is 20.5 Å². The Labute approximate surface area is 156 Å². The van der Waals surface area contributed by atoms with Gasteiger partial charge in [0.05, 0.1) is 41.8 Å². The number of aromatic amines is 1. The number of nitrogens with one attached hydrogen (secondary N) is 2. The molecular formula is C17H15F3N6O2. The Kier molecular flexibility index (Phi) is 5.17. The van der Waals surface area contributed by atoms with Crippen LogP contribution in [0.15, 0.2) is 24.7 Å². The van der Waals surface area contributed by atoms with E-state index < -0.39 is 30.5 Å². The number of aliphatic hydroxyl groups is 2. The number of alkyl halides is 3. The maximum atomic E-state index is 13.0. The van der Waals surface area contributed by atoms with Crippen LogP contribution in [-0.4, -0.2) is 48.9 Å². The first-order valence-electron chi connectivity index (χ1n) is 8.12. The van der Waals surface area contributed by atoms with E-state index in [0.717, 1.165) is 12.3 Å². The molecule has 0 radical (unpaired) electrons. The number of aromatic nitrogens is 4. The van der Waals surface area contributed by atoms with Gasteiger partial charge in [0.15, 0.2) is 0 Å². The highest BCUT2D eigenvalue weighted by atomic mass is 19.4. The molecule has 3 rings (SSSR count). The van der Waals surface area contributed by atoms with Gasteiger partial charge in [-0.3, -0.25) is 0 Å². The van der Waals surface area contributed by atoms with Gasteiger partial charge in [-0.1, -0.05) is 0 Å². The van der Waals surface area contributed by atoms with Gasteiger partial charge in [0, 0.05) is 23.3 Å². The molecule has 4 N–H and O–H groups in total. The highest BCUT2D eigenvalue weighted by Gasteiger charge is 2.31. The topological polar surface area (TPSA) is 131 Å². The van der Waals surface area contributed by atoms with Crippen LogP contribution < -0.4 is 5.32 Å². The van der Waals surface area contributed by atoms with Gasteiger partial charge >= 0.3 is 6.18 Å². The molecule has 0 saturated heterocycles. The monoisotopic (exact) mass is 392 g/mol. The number of hydrogen-bond donors (Lipinski definition) is 4. The maximum absolute atomic E-state index is 13.0. The predicted octanol–water partition coefficient (Wildman–Crippen LogP) is 2.06. The van der Waals surface area contributed by atoms with Crippen molar-refractivity contribution >= 4 is 17.0 Å². The summed E-state index contributed by atoms with van der Waals surface area (Å²) in [6.45, 7) is 1.06. The first-order valence-corrected chi connectivity index (χ1v) is 8.12. The number of aliphatic hydroxyl groups excluding tert-OH is 2. The fraction of sp³-hybridized carbons (Fsp3) is 0.294. The van der Waals surface area contributed by atoms with E-state index >= 15 is 0 Å². The third-order valence-corrected chi connectivity index (χ3v) is 4.12. The van der Waals surface area contributed by atoms with Crippen molar-refractivity contribution < 1.29 is 23.4 Å². The zero-order valence-corrected chi connectivity index (χ0v) is 14.5. The van der Waals surface area contributed by atoms with Crippen LogP contribution in [0.2, 0.25) is 0 Å². The number of nitriles is 1. The van der Waals surface area contributed by atoms with Gasteiger partial charge in [0.2, 0.25) is 5.95 Å². The van der Waals surface area contributed by atoms with Gasteiger partial charge in [-0.05, 0) is 13.0 Å². The number of rotatable bonds is 5. The quantitative estimate of drug-likeness (QED) is 0.523. The molecule has 0 aromatic carbocycles. The molecule has 0 fully saturated rings. The summed E-state index contributed by atoms with van der Waals surface area (Å²) in [4.78, 5) is 14.7. The van der Waals surface area contributed by atoms with E-state index in [1.54, 1.807) is 0 Å². The Hall–Kier alpha value is -3.23. The second kappa shape index (κ2) is 7.41. The number of nitrogens with zero attached hydrogens (tertiary/aromatic N) is 4. The maximum Gasteiger partial charge on any atom is 0.417 e. The summed E-state index contributed by atoms with van der Waals surface area (Å²) in [5, 5.41) is 31.2. The molecule has 2 atom stereocenters. The molecule has 146 valence electrons. The van der Waals surface area contributed by atoms with Crippen molar-refractivity contribution in [3.05, 3.63) is 35.8 Å². The van der Waals surface area contributed by atoms with Crippen LogP contribution in [0.5, 0.6) is 0 Å². The van der Waals surface area contributed by atoms with Crippen LogP contribution in [0, 0.1) is 11.3 Å². The van der Waals surface area contributed by atoms with Crippen LogP contribution >= 0.6 is 0 Å². The zero-order valence-electron chi connectivity index (χ0n) is 14.5. The summed E-state index contributed by atoms with van der Waals surface area (Å²) in [6, 6.07) is 2.07. The third kappa shape index (κ3) is 3.73. The number of hydrogen-bond acceptors (Lipinski definition) is 7. The minimum atomic E-state index is -4.57. The molecule has 0 saturated carbocycles. The summed E-state index contributed by atoms with van der Waals surface area (Å²) in [6.07, 6.45) is -2.16. The fourth-order valence-corrected chi connectivity index (χ4v) is 2.58. The van der Waals surface area contributed by atoms with Gasteiger partial charge in [-0.2, -0.15) is 18.4 Å². The van der Waals surface area contributed by atoms with E-state index in [-0.39, 0.29) is 33.8 Å². The van der Waals surface area contributed by atoms with Crippen LogP contribution in [0.3, 0.4) is 0 Å². The van der Waals surface area contributed by atoms with Crippen molar-refractivity contribution in [1.82, 2.24) is 19.9 Å². The molecule has 0 unspecified atom stereocenters. The molecule has 28 heavy (non-hydrogen) atoms. The molecule has 3 aromatic heterocycles. The van der Waals surface area contributed by atoms with Crippen molar-refractivity contribution in [1.29, 1.82) is 5.26 Å². The first-order chi connectivity index (χ1) is 13.2. The molecule has 0 amide bonds. The SMILES string of the molecule is C[C@H](O)[C@@H](CO)Nc1ncc(C#N)c(-c2c[nH]c3ncc(C(F)(F)F)cc23)n1. The molecule has 0 bridgehead atoms.